The predicted molar refractivity (Wildman–Crippen MR) is 93.0 cm³/mol. The van der Waals surface area contributed by atoms with E-state index >= 15 is 0 Å². The summed E-state index contributed by atoms with van der Waals surface area (Å²) in [6.45, 7) is 2.55. The maximum Gasteiger partial charge on any atom is 0.272 e. The van der Waals surface area contributed by atoms with Crippen molar-refractivity contribution in [1.82, 2.24) is 20.0 Å². The topological polar surface area (TPSA) is 63.3 Å². The number of carbonyl (C=O) groups is 1. The Morgan fingerprint density at radius 2 is 2.04 bits per heavy atom. The van der Waals surface area contributed by atoms with Crippen LogP contribution in [0, 0.1) is 0 Å². The first kappa shape index (κ1) is 15.7. The summed E-state index contributed by atoms with van der Waals surface area (Å²) in [7, 11) is 2.07. The third-order valence-electron chi connectivity index (χ3n) is 4.46. The molecule has 1 aliphatic rings. The van der Waals surface area contributed by atoms with E-state index in [4.69, 9.17) is 4.42 Å². The monoisotopic (exact) mass is 336 g/mol. The second-order valence-corrected chi connectivity index (χ2v) is 6.31. The fourth-order valence-electron chi connectivity index (χ4n) is 3.13. The van der Waals surface area contributed by atoms with Gasteiger partial charge in [0.05, 0.1) is 18.5 Å². The number of rotatable bonds is 4. The van der Waals surface area contributed by atoms with Crippen LogP contribution >= 0.6 is 0 Å². The van der Waals surface area contributed by atoms with Gasteiger partial charge in [-0.15, -0.1) is 0 Å². The lowest BCUT2D eigenvalue weighted by atomic mass is 10.0. The summed E-state index contributed by atoms with van der Waals surface area (Å²) in [5.74, 6) is 0.498. The highest BCUT2D eigenvalue weighted by atomic mass is 16.3. The van der Waals surface area contributed by atoms with E-state index < -0.39 is 0 Å². The van der Waals surface area contributed by atoms with E-state index in [1.54, 1.807) is 6.26 Å². The molecule has 0 radical (unpaired) electrons. The highest BCUT2D eigenvalue weighted by Crippen LogP contribution is 2.23. The molecule has 1 aliphatic heterocycles. The zero-order chi connectivity index (χ0) is 17.2. The number of benzene rings is 1. The van der Waals surface area contributed by atoms with Gasteiger partial charge in [0.2, 0.25) is 0 Å². The van der Waals surface area contributed by atoms with Gasteiger partial charge in [-0.3, -0.25) is 14.4 Å². The summed E-state index contributed by atoms with van der Waals surface area (Å²) in [5, 5.41) is 7.51. The minimum atomic E-state index is -0.342. The molecule has 0 saturated carbocycles. The normalized spacial score (nSPS) is 15.6. The Morgan fingerprint density at radius 3 is 2.80 bits per heavy atom. The maximum atomic E-state index is 12.8. The van der Waals surface area contributed by atoms with Crippen LogP contribution < -0.4 is 5.32 Å². The number of nitrogens with zero attached hydrogens (tertiary/aromatic N) is 3. The largest absolute Gasteiger partial charge is 0.467 e. The van der Waals surface area contributed by atoms with Crippen LogP contribution in [0.5, 0.6) is 0 Å². The number of hydrogen-bond acceptors (Lipinski definition) is 4. The van der Waals surface area contributed by atoms with Crippen molar-refractivity contribution in [2.24, 2.45) is 0 Å². The van der Waals surface area contributed by atoms with E-state index in [2.05, 4.69) is 22.4 Å². The van der Waals surface area contributed by atoms with E-state index in [-0.39, 0.29) is 11.9 Å². The van der Waals surface area contributed by atoms with Crippen molar-refractivity contribution < 1.29 is 9.21 Å². The molecule has 0 unspecified atom stereocenters. The summed E-state index contributed by atoms with van der Waals surface area (Å²) in [4.78, 5) is 15.0. The SMILES string of the molecule is CN1CCn2nc(C(=O)N[C@@H](c3ccccc3)c3ccco3)cc2C1. The molecule has 0 aliphatic carbocycles. The van der Waals surface area contributed by atoms with E-state index in [0.29, 0.717) is 11.5 Å². The van der Waals surface area contributed by atoms with Crippen molar-refractivity contribution in [1.29, 1.82) is 0 Å². The van der Waals surface area contributed by atoms with Gasteiger partial charge in [0, 0.05) is 13.1 Å². The number of hydrogen-bond donors (Lipinski definition) is 1. The summed E-state index contributed by atoms with van der Waals surface area (Å²) >= 11 is 0. The highest BCUT2D eigenvalue weighted by molar-refractivity contribution is 5.92. The number of likely N-dealkylation sites (N-methyl/N-ethyl adjacent to an activating group) is 1. The first-order valence-electron chi connectivity index (χ1n) is 8.35. The quantitative estimate of drug-likeness (QED) is 0.795. The van der Waals surface area contributed by atoms with Crippen molar-refractivity contribution >= 4 is 5.91 Å². The second kappa shape index (κ2) is 6.57. The zero-order valence-corrected chi connectivity index (χ0v) is 14.1. The number of carbonyl (C=O) groups excluding carboxylic acids is 1. The van der Waals surface area contributed by atoms with Crippen LogP contribution in [0.3, 0.4) is 0 Å². The minimum absolute atomic E-state index is 0.199. The van der Waals surface area contributed by atoms with Gasteiger partial charge in [-0.1, -0.05) is 30.3 Å². The van der Waals surface area contributed by atoms with Crippen LogP contribution in [0.4, 0.5) is 0 Å². The standard InChI is InChI=1S/C19H20N4O2/c1-22-9-10-23-15(13-22)12-16(21-23)19(24)20-18(17-8-5-11-25-17)14-6-3-2-4-7-14/h2-8,11-12,18H,9-10,13H2,1H3,(H,20,24)/t18-/m0/s1. The van der Waals surface area contributed by atoms with Crippen LogP contribution in [0.1, 0.15) is 33.5 Å². The van der Waals surface area contributed by atoms with Crippen LogP contribution in [-0.4, -0.2) is 34.2 Å². The number of furan rings is 1. The first-order valence-corrected chi connectivity index (χ1v) is 8.35. The molecule has 1 N–H and O–H groups in total. The third kappa shape index (κ3) is 3.21. The van der Waals surface area contributed by atoms with E-state index in [9.17, 15) is 4.79 Å². The molecule has 3 aromatic rings. The highest BCUT2D eigenvalue weighted by Gasteiger charge is 2.23. The van der Waals surface area contributed by atoms with Gasteiger partial charge < -0.3 is 9.73 Å². The predicted octanol–water partition coefficient (Wildman–Crippen LogP) is 2.44. The lowest BCUT2D eigenvalue weighted by Gasteiger charge is -2.22. The van der Waals surface area contributed by atoms with Crippen LogP contribution in [0.2, 0.25) is 0 Å². The van der Waals surface area contributed by atoms with Crippen molar-refractivity contribution in [3.8, 4) is 0 Å². The maximum absolute atomic E-state index is 12.8. The fraction of sp³-hybridized carbons (Fsp3) is 0.263. The Balaban J connectivity index is 1.59. The summed E-state index contributed by atoms with van der Waals surface area (Å²) in [6, 6.07) is 15.0. The number of fused-ring (bicyclic) bond motifs is 1. The van der Waals surface area contributed by atoms with Gasteiger partial charge in [-0.25, -0.2) is 0 Å². The molecule has 25 heavy (non-hydrogen) atoms. The van der Waals surface area contributed by atoms with Crippen molar-refractivity contribution in [3.63, 3.8) is 0 Å². The Hall–Kier alpha value is -2.86. The molecule has 2 aromatic heterocycles. The Labute approximate surface area is 146 Å². The van der Waals surface area contributed by atoms with Crippen molar-refractivity contribution in [3.05, 3.63) is 77.5 Å². The van der Waals surface area contributed by atoms with Gasteiger partial charge in [0.25, 0.3) is 5.91 Å². The average Bonchev–Trinajstić information content (AvgIpc) is 3.29. The van der Waals surface area contributed by atoms with Crippen molar-refractivity contribution in [2.45, 2.75) is 19.1 Å². The summed E-state index contributed by atoms with van der Waals surface area (Å²) in [6.07, 6.45) is 1.61. The minimum Gasteiger partial charge on any atom is -0.467 e. The van der Waals surface area contributed by atoms with Crippen LogP contribution in [0.15, 0.2) is 59.2 Å². The van der Waals surface area contributed by atoms with Crippen LogP contribution in [-0.2, 0) is 13.1 Å². The third-order valence-corrected chi connectivity index (χ3v) is 4.46. The van der Waals surface area contributed by atoms with E-state index in [0.717, 1.165) is 30.9 Å². The second-order valence-electron chi connectivity index (χ2n) is 6.31. The van der Waals surface area contributed by atoms with Gasteiger partial charge in [0.15, 0.2) is 5.69 Å². The molecule has 0 bridgehead atoms. The molecule has 4 rings (SSSR count). The van der Waals surface area contributed by atoms with E-state index in [1.807, 2.05) is 53.2 Å². The number of aromatic nitrogens is 2. The Morgan fingerprint density at radius 1 is 1.20 bits per heavy atom. The molecular weight excluding hydrogens is 316 g/mol. The smallest absolute Gasteiger partial charge is 0.272 e. The molecule has 6 nitrogen and oxygen atoms in total. The molecule has 0 fully saturated rings. The summed E-state index contributed by atoms with van der Waals surface area (Å²) < 4.78 is 7.45. The molecule has 1 atom stereocenters. The Bertz CT molecular complexity index is 855. The first-order chi connectivity index (χ1) is 12.2. The molecule has 128 valence electrons. The van der Waals surface area contributed by atoms with Crippen molar-refractivity contribution in [2.75, 3.05) is 13.6 Å². The van der Waals surface area contributed by atoms with Gasteiger partial charge >= 0.3 is 0 Å². The van der Waals surface area contributed by atoms with Gasteiger partial charge in [-0.2, -0.15) is 5.10 Å². The number of nitrogens with one attached hydrogen (secondary N) is 1. The van der Waals surface area contributed by atoms with Gasteiger partial charge in [0.1, 0.15) is 11.8 Å². The zero-order valence-electron chi connectivity index (χ0n) is 14.1. The lowest BCUT2D eigenvalue weighted by Crippen LogP contribution is -2.31. The fourth-order valence-corrected chi connectivity index (χ4v) is 3.13. The lowest BCUT2D eigenvalue weighted by molar-refractivity contribution is 0.0933. The molecule has 6 heteroatoms. The van der Waals surface area contributed by atoms with Crippen LogP contribution in [0.25, 0.3) is 0 Å². The molecule has 1 aromatic carbocycles. The molecular formula is C19H20N4O2. The van der Waals surface area contributed by atoms with Gasteiger partial charge in [-0.05, 0) is 30.8 Å². The Kier molecular flexibility index (Phi) is 4.11. The molecule has 1 amide bonds. The number of amides is 1. The molecule has 0 saturated heterocycles. The van der Waals surface area contributed by atoms with E-state index in [1.165, 1.54) is 0 Å². The molecule has 0 spiro atoms. The summed E-state index contributed by atoms with van der Waals surface area (Å²) in [5.41, 5.74) is 2.47. The molecule has 3 heterocycles. The average molecular weight is 336 g/mol.